The predicted molar refractivity (Wildman–Crippen MR) is 87.4 cm³/mol. The fourth-order valence-corrected chi connectivity index (χ4v) is 2.54. The third-order valence-electron chi connectivity index (χ3n) is 3.68. The summed E-state index contributed by atoms with van der Waals surface area (Å²) in [6, 6.07) is 8.08. The van der Waals surface area contributed by atoms with E-state index in [2.05, 4.69) is 28.2 Å². The number of nitrogens with two attached hydrogens (primary N) is 1. The van der Waals surface area contributed by atoms with Gasteiger partial charge in [-0.25, -0.2) is 0 Å². The zero-order valence-corrected chi connectivity index (χ0v) is 13.9. The maximum Gasteiger partial charge on any atom is 0.220 e. The summed E-state index contributed by atoms with van der Waals surface area (Å²) in [4.78, 5) is 12.0. The van der Waals surface area contributed by atoms with Crippen LogP contribution in [0.3, 0.4) is 0 Å². The minimum absolute atomic E-state index is 0.0465. The Morgan fingerprint density at radius 2 is 1.95 bits per heavy atom. The first kappa shape index (κ1) is 17.2. The van der Waals surface area contributed by atoms with Crippen LogP contribution >= 0.6 is 15.9 Å². The van der Waals surface area contributed by atoms with Gasteiger partial charge in [0.2, 0.25) is 5.91 Å². The van der Waals surface area contributed by atoms with Gasteiger partial charge in [0.25, 0.3) is 0 Å². The fraction of sp³-hybridized carbons (Fsp3) is 0.562. The van der Waals surface area contributed by atoms with Crippen LogP contribution in [-0.2, 0) is 4.79 Å². The van der Waals surface area contributed by atoms with Crippen molar-refractivity contribution in [1.82, 2.24) is 5.32 Å². The van der Waals surface area contributed by atoms with Gasteiger partial charge in [-0.3, -0.25) is 4.79 Å². The smallest absolute Gasteiger partial charge is 0.220 e. The van der Waals surface area contributed by atoms with Crippen LogP contribution in [0.5, 0.6) is 0 Å². The number of hydrogen-bond acceptors (Lipinski definition) is 2. The zero-order chi connectivity index (χ0) is 15.0. The van der Waals surface area contributed by atoms with Gasteiger partial charge in [-0.15, -0.1) is 0 Å². The van der Waals surface area contributed by atoms with Crippen molar-refractivity contribution >= 4 is 21.8 Å². The van der Waals surface area contributed by atoms with Gasteiger partial charge in [-0.05, 0) is 49.9 Å². The van der Waals surface area contributed by atoms with Crippen LogP contribution in [0.25, 0.3) is 0 Å². The lowest BCUT2D eigenvalue weighted by Crippen LogP contribution is -2.27. The highest BCUT2D eigenvalue weighted by molar-refractivity contribution is 9.10. The third kappa shape index (κ3) is 6.06. The van der Waals surface area contributed by atoms with Crippen LogP contribution in [-0.4, -0.2) is 12.5 Å². The Morgan fingerprint density at radius 1 is 1.30 bits per heavy atom. The average molecular weight is 341 g/mol. The van der Waals surface area contributed by atoms with Crippen molar-refractivity contribution in [2.75, 3.05) is 6.54 Å². The fourth-order valence-electron chi connectivity index (χ4n) is 2.27. The van der Waals surface area contributed by atoms with E-state index >= 15 is 0 Å². The van der Waals surface area contributed by atoms with Crippen molar-refractivity contribution in [2.24, 2.45) is 11.7 Å². The number of amides is 1. The molecule has 0 aliphatic rings. The monoisotopic (exact) mass is 340 g/mol. The molecule has 0 aliphatic carbocycles. The van der Waals surface area contributed by atoms with Crippen molar-refractivity contribution in [3.05, 3.63) is 34.3 Å². The van der Waals surface area contributed by atoms with Crippen LogP contribution in [0.15, 0.2) is 28.7 Å². The highest BCUT2D eigenvalue weighted by Crippen LogP contribution is 2.18. The van der Waals surface area contributed by atoms with Crippen molar-refractivity contribution in [3.63, 3.8) is 0 Å². The van der Waals surface area contributed by atoms with Crippen LogP contribution < -0.4 is 11.1 Å². The lowest BCUT2D eigenvalue weighted by Gasteiger charge is -2.17. The number of carbonyl (C=O) groups excluding carboxylic acids is 1. The molecule has 0 heterocycles. The van der Waals surface area contributed by atoms with E-state index in [4.69, 9.17) is 5.73 Å². The number of halogens is 1. The van der Waals surface area contributed by atoms with E-state index in [9.17, 15) is 4.79 Å². The summed E-state index contributed by atoms with van der Waals surface area (Å²) >= 11 is 3.41. The molecule has 1 amide bonds. The van der Waals surface area contributed by atoms with Gasteiger partial charge in [0.1, 0.15) is 0 Å². The molecule has 3 nitrogen and oxygen atoms in total. The van der Waals surface area contributed by atoms with Gasteiger partial charge in [0, 0.05) is 10.9 Å². The summed E-state index contributed by atoms with van der Waals surface area (Å²) < 4.78 is 1.05. The van der Waals surface area contributed by atoms with Gasteiger partial charge in [-0.1, -0.05) is 41.4 Å². The maximum absolute atomic E-state index is 12.0. The maximum atomic E-state index is 12.0. The van der Waals surface area contributed by atoms with Gasteiger partial charge < -0.3 is 11.1 Å². The number of hydrogen-bond donors (Lipinski definition) is 2. The molecule has 0 aromatic heterocycles. The highest BCUT2D eigenvalue weighted by atomic mass is 79.9. The molecule has 4 heteroatoms. The lowest BCUT2D eigenvalue weighted by atomic mass is 9.96. The second-order valence-electron chi connectivity index (χ2n) is 5.23. The van der Waals surface area contributed by atoms with E-state index in [1.54, 1.807) is 0 Å². The molecule has 0 aliphatic heterocycles. The molecule has 0 spiro atoms. The Labute approximate surface area is 130 Å². The molecule has 0 fully saturated rings. The second kappa shape index (κ2) is 9.14. The molecule has 3 N–H and O–H groups in total. The largest absolute Gasteiger partial charge is 0.350 e. The third-order valence-corrected chi connectivity index (χ3v) is 4.21. The molecule has 0 radical (unpaired) electrons. The molecule has 1 rings (SSSR count). The van der Waals surface area contributed by atoms with Crippen LogP contribution in [0.4, 0.5) is 0 Å². The molecule has 1 aromatic rings. The predicted octanol–water partition coefficient (Wildman–Crippen LogP) is 3.78. The average Bonchev–Trinajstić information content (AvgIpc) is 2.44. The van der Waals surface area contributed by atoms with Gasteiger partial charge in [-0.2, -0.15) is 0 Å². The SMILES string of the molecule is CCC(CCN)CCC(=O)NC(C)c1ccc(Br)cc1. The lowest BCUT2D eigenvalue weighted by molar-refractivity contribution is -0.122. The number of rotatable bonds is 8. The topological polar surface area (TPSA) is 55.1 Å². The van der Waals surface area contributed by atoms with Crippen LogP contribution in [0, 0.1) is 5.92 Å². The molecular formula is C16H25BrN2O. The summed E-state index contributed by atoms with van der Waals surface area (Å²) in [7, 11) is 0. The highest BCUT2D eigenvalue weighted by Gasteiger charge is 2.12. The molecule has 1 aromatic carbocycles. The van der Waals surface area contributed by atoms with Crippen molar-refractivity contribution < 1.29 is 4.79 Å². The second-order valence-corrected chi connectivity index (χ2v) is 6.15. The van der Waals surface area contributed by atoms with Crippen molar-refractivity contribution in [1.29, 1.82) is 0 Å². The number of benzene rings is 1. The van der Waals surface area contributed by atoms with E-state index in [1.165, 1.54) is 0 Å². The Hall–Kier alpha value is -0.870. The van der Waals surface area contributed by atoms with E-state index in [0.29, 0.717) is 18.9 Å². The first-order valence-corrected chi connectivity index (χ1v) is 8.11. The van der Waals surface area contributed by atoms with Crippen molar-refractivity contribution in [3.8, 4) is 0 Å². The van der Waals surface area contributed by atoms with Gasteiger partial charge >= 0.3 is 0 Å². The summed E-state index contributed by atoms with van der Waals surface area (Å²) in [6.45, 7) is 4.87. The van der Waals surface area contributed by atoms with E-state index in [-0.39, 0.29) is 11.9 Å². The molecule has 0 saturated heterocycles. The Morgan fingerprint density at radius 3 is 2.50 bits per heavy atom. The van der Waals surface area contributed by atoms with Gasteiger partial charge in [0.15, 0.2) is 0 Å². The summed E-state index contributed by atoms with van der Waals surface area (Å²) in [6.07, 6.45) is 3.60. The molecule has 2 unspecified atom stereocenters. The summed E-state index contributed by atoms with van der Waals surface area (Å²) in [5.41, 5.74) is 6.70. The van der Waals surface area contributed by atoms with Crippen molar-refractivity contribution in [2.45, 2.75) is 45.6 Å². The summed E-state index contributed by atoms with van der Waals surface area (Å²) in [5.74, 6) is 0.685. The van der Waals surface area contributed by atoms with E-state index < -0.39 is 0 Å². The molecule has 112 valence electrons. The molecule has 0 saturated carbocycles. The van der Waals surface area contributed by atoms with Gasteiger partial charge in [0.05, 0.1) is 6.04 Å². The van der Waals surface area contributed by atoms with Crippen LogP contribution in [0.1, 0.15) is 51.1 Å². The zero-order valence-electron chi connectivity index (χ0n) is 12.4. The van der Waals surface area contributed by atoms with E-state index in [1.807, 2.05) is 31.2 Å². The quantitative estimate of drug-likeness (QED) is 0.756. The first-order chi connectivity index (χ1) is 9.56. The number of nitrogens with one attached hydrogen (secondary N) is 1. The normalized spacial score (nSPS) is 13.8. The molecule has 20 heavy (non-hydrogen) atoms. The molecular weight excluding hydrogens is 316 g/mol. The summed E-state index contributed by atoms with van der Waals surface area (Å²) in [5, 5.41) is 3.05. The first-order valence-electron chi connectivity index (χ1n) is 7.31. The Bertz CT molecular complexity index is 405. The Balaban J connectivity index is 2.39. The molecule has 2 atom stereocenters. The number of carbonyl (C=O) groups is 1. The van der Waals surface area contributed by atoms with Crippen LogP contribution in [0.2, 0.25) is 0 Å². The minimum Gasteiger partial charge on any atom is -0.350 e. The van der Waals surface area contributed by atoms with E-state index in [0.717, 1.165) is 29.3 Å². The Kier molecular flexibility index (Phi) is 7.85. The standard InChI is InChI=1S/C16H25BrN2O/c1-3-13(10-11-18)4-9-16(20)19-12(2)14-5-7-15(17)8-6-14/h5-8,12-13H,3-4,9-11,18H2,1-2H3,(H,19,20). The molecule has 0 bridgehead atoms. The minimum atomic E-state index is 0.0465.